The molecule has 3 rings (SSSR count). The number of rotatable bonds is 10. The summed E-state index contributed by atoms with van der Waals surface area (Å²) in [6.07, 6.45) is 3.08. The zero-order valence-electron chi connectivity index (χ0n) is 16.9. The van der Waals surface area contributed by atoms with E-state index in [1.54, 1.807) is 30.5 Å². The molecule has 158 valence electrons. The van der Waals surface area contributed by atoms with E-state index in [2.05, 4.69) is 10.4 Å². The van der Waals surface area contributed by atoms with Crippen molar-refractivity contribution in [1.29, 1.82) is 0 Å². The van der Waals surface area contributed by atoms with Crippen LogP contribution in [-0.4, -0.2) is 28.9 Å². The highest BCUT2D eigenvalue weighted by Gasteiger charge is 2.08. The van der Waals surface area contributed by atoms with Gasteiger partial charge in [0.1, 0.15) is 18.9 Å². The molecule has 0 saturated heterocycles. The Morgan fingerprint density at radius 2 is 1.77 bits per heavy atom. The lowest BCUT2D eigenvalue weighted by Crippen LogP contribution is -2.18. The van der Waals surface area contributed by atoms with Gasteiger partial charge >= 0.3 is 0 Å². The van der Waals surface area contributed by atoms with Crippen molar-refractivity contribution >= 4 is 23.2 Å². The van der Waals surface area contributed by atoms with Crippen molar-refractivity contribution < 1.29 is 19.0 Å². The fourth-order valence-corrected chi connectivity index (χ4v) is 2.92. The van der Waals surface area contributed by atoms with E-state index in [-0.39, 0.29) is 12.5 Å². The predicted molar refractivity (Wildman–Crippen MR) is 115 cm³/mol. The van der Waals surface area contributed by atoms with Crippen molar-refractivity contribution in [1.82, 2.24) is 9.78 Å². The lowest BCUT2D eigenvalue weighted by atomic mass is 10.2. The largest absolute Gasteiger partial charge is 0.490 e. The number of aromatic nitrogens is 2. The van der Waals surface area contributed by atoms with E-state index in [0.717, 1.165) is 11.3 Å². The first-order valence-corrected chi connectivity index (χ1v) is 10.0. The van der Waals surface area contributed by atoms with Gasteiger partial charge in [0.25, 0.3) is 0 Å². The van der Waals surface area contributed by atoms with Gasteiger partial charge in [0.15, 0.2) is 11.5 Å². The molecule has 0 aliphatic carbocycles. The topological polar surface area (TPSA) is 74.6 Å². The van der Waals surface area contributed by atoms with Crippen LogP contribution in [0.2, 0.25) is 5.02 Å². The standard InChI is InChI=1S/C22H24ClN3O4/c1-3-28-20-10-5-16(11-21(20)29-4-2)15-30-19-8-6-18(7-9-19)25-22(27)14-26-13-17(23)12-24-26/h5-13H,3-4,14-15H2,1-2H3,(H,25,27). The highest BCUT2D eigenvalue weighted by atomic mass is 35.5. The summed E-state index contributed by atoms with van der Waals surface area (Å²) >= 11 is 5.80. The minimum Gasteiger partial charge on any atom is -0.490 e. The average Bonchev–Trinajstić information content (AvgIpc) is 3.14. The van der Waals surface area contributed by atoms with E-state index in [1.165, 1.54) is 10.9 Å². The van der Waals surface area contributed by atoms with Crippen LogP contribution < -0.4 is 19.5 Å². The smallest absolute Gasteiger partial charge is 0.246 e. The summed E-state index contributed by atoms with van der Waals surface area (Å²) in [7, 11) is 0. The Hall–Kier alpha value is -3.19. The molecule has 0 fully saturated rings. The number of ether oxygens (including phenoxy) is 3. The summed E-state index contributed by atoms with van der Waals surface area (Å²) in [5.41, 5.74) is 1.64. The zero-order valence-corrected chi connectivity index (χ0v) is 17.7. The molecule has 2 aromatic carbocycles. The van der Waals surface area contributed by atoms with Crippen molar-refractivity contribution in [2.45, 2.75) is 27.0 Å². The third-order valence-electron chi connectivity index (χ3n) is 4.06. The number of hydrogen-bond acceptors (Lipinski definition) is 5. The van der Waals surface area contributed by atoms with E-state index in [4.69, 9.17) is 25.8 Å². The Labute approximate surface area is 180 Å². The monoisotopic (exact) mass is 429 g/mol. The minimum atomic E-state index is -0.193. The maximum Gasteiger partial charge on any atom is 0.246 e. The molecule has 0 aliphatic rings. The molecule has 1 heterocycles. The van der Waals surface area contributed by atoms with Gasteiger partial charge < -0.3 is 19.5 Å². The molecular weight excluding hydrogens is 406 g/mol. The van der Waals surface area contributed by atoms with Gasteiger partial charge in [0.2, 0.25) is 5.91 Å². The van der Waals surface area contributed by atoms with Crippen LogP contribution in [0.15, 0.2) is 54.9 Å². The van der Waals surface area contributed by atoms with Crippen LogP contribution in [0.5, 0.6) is 17.2 Å². The molecule has 0 bridgehead atoms. The normalized spacial score (nSPS) is 10.5. The lowest BCUT2D eigenvalue weighted by molar-refractivity contribution is -0.116. The second kappa shape index (κ2) is 10.5. The first-order chi connectivity index (χ1) is 14.6. The number of hydrogen-bond donors (Lipinski definition) is 1. The quantitative estimate of drug-likeness (QED) is 0.511. The number of amides is 1. The summed E-state index contributed by atoms with van der Waals surface area (Å²) in [5, 5.41) is 7.29. The van der Waals surface area contributed by atoms with Crippen molar-refractivity contribution in [3.8, 4) is 17.2 Å². The highest BCUT2D eigenvalue weighted by Crippen LogP contribution is 2.29. The summed E-state index contributed by atoms with van der Waals surface area (Å²) in [4.78, 5) is 12.1. The van der Waals surface area contributed by atoms with E-state index in [9.17, 15) is 4.79 Å². The Bertz CT molecular complexity index is 973. The van der Waals surface area contributed by atoms with Crippen LogP contribution in [0.1, 0.15) is 19.4 Å². The summed E-state index contributed by atoms with van der Waals surface area (Å²) in [6.45, 7) is 5.48. The minimum absolute atomic E-state index is 0.0882. The third-order valence-corrected chi connectivity index (χ3v) is 4.25. The van der Waals surface area contributed by atoms with Gasteiger partial charge in [0.05, 0.1) is 24.4 Å². The maximum absolute atomic E-state index is 12.1. The van der Waals surface area contributed by atoms with Crippen molar-refractivity contribution in [3.05, 3.63) is 65.4 Å². The summed E-state index contributed by atoms with van der Waals surface area (Å²) in [5.74, 6) is 1.93. The fourth-order valence-electron chi connectivity index (χ4n) is 2.76. The molecule has 0 radical (unpaired) electrons. The van der Waals surface area contributed by atoms with Crippen LogP contribution in [-0.2, 0) is 17.9 Å². The Morgan fingerprint density at radius 3 is 2.43 bits per heavy atom. The predicted octanol–water partition coefficient (Wildman–Crippen LogP) is 4.55. The van der Waals surface area contributed by atoms with Gasteiger partial charge in [-0.2, -0.15) is 5.10 Å². The molecule has 1 amide bonds. The second-order valence-corrected chi connectivity index (χ2v) is 6.80. The third kappa shape index (κ3) is 6.15. The van der Waals surface area contributed by atoms with E-state index in [0.29, 0.717) is 42.0 Å². The van der Waals surface area contributed by atoms with Gasteiger partial charge in [-0.15, -0.1) is 0 Å². The maximum atomic E-state index is 12.1. The Morgan fingerprint density at radius 1 is 1.03 bits per heavy atom. The number of nitrogens with one attached hydrogen (secondary N) is 1. The van der Waals surface area contributed by atoms with Gasteiger partial charge in [-0.1, -0.05) is 17.7 Å². The van der Waals surface area contributed by atoms with E-state index >= 15 is 0 Å². The molecule has 0 unspecified atom stereocenters. The van der Waals surface area contributed by atoms with Crippen LogP contribution in [0, 0.1) is 0 Å². The molecule has 30 heavy (non-hydrogen) atoms. The summed E-state index contributed by atoms with van der Waals surface area (Å²) in [6, 6.07) is 12.9. The Balaban J connectivity index is 1.54. The molecule has 0 spiro atoms. The van der Waals surface area contributed by atoms with E-state index in [1.807, 2.05) is 32.0 Å². The van der Waals surface area contributed by atoms with Crippen molar-refractivity contribution in [2.75, 3.05) is 18.5 Å². The SMILES string of the molecule is CCOc1ccc(COc2ccc(NC(=O)Cn3cc(Cl)cn3)cc2)cc1OCC. The zero-order chi connectivity index (χ0) is 21.3. The van der Waals surface area contributed by atoms with Crippen LogP contribution in [0.4, 0.5) is 5.69 Å². The number of nitrogens with zero attached hydrogens (tertiary/aromatic N) is 2. The van der Waals surface area contributed by atoms with Crippen molar-refractivity contribution in [3.63, 3.8) is 0 Å². The van der Waals surface area contributed by atoms with Crippen LogP contribution >= 0.6 is 11.6 Å². The van der Waals surface area contributed by atoms with Gasteiger partial charge in [-0.05, 0) is 55.8 Å². The number of carbonyl (C=O) groups excluding carboxylic acids is 1. The number of carbonyl (C=O) groups is 1. The fraction of sp³-hybridized carbons (Fsp3) is 0.273. The van der Waals surface area contributed by atoms with Crippen LogP contribution in [0.25, 0.3) is 0 Å². The van der Waals surface area contributed by atoms with Crippen molar-refractivity contribution in [2.24, 2.45) is 0 Å². The molecule has 0 atom stereocenters. The average molecular weight is 430 g/mol. The van der Waals surface area contributed by atoms with Gasteiger partial charge in [-0.25, -0.2) is 0 Å². The highest BCUT2D eigenvalue weighted by molar-refractivity contribution is 6.30. The second-order valence-electron chi connectivity index (χ2n) is 6.36. The molecule has 0 aliphatic heterocycles. The lowest BCUT2D eigenvalue weighted by Gasteiger charge is -2.13. The number of benzene rings is 2. The number of anilines is 1. The summed E-state index contributed by atoms with van der Waals surface area (Å²) < 4.78 is 18.5. The first kappa shape index (κ1) is 21.5. The van der Waals surface area contributed by atoms with E-state index < -0.39 is 0 Å². The van der Waals surface area contributed by atoms with Gasteiger partial charge in [-0.3, -0.25) is 9.48 Å². The Kier molecular flexibility index (Phi) is 7.57. The molecule has 7 nitrogen and oxygen atoms in total. The molecular formula is C22H24ClN3O4. The molecule has 3 aromatic rings. The van der Waals surface area contributed by atoms with Gasteiger partial charge in [0, 0.05) is 11.9 Å². The molecule has 8 heteroatoms. The molecule has 0 saturated carbocycles. The number of halogens is 1. The molecule has 1 N–H and O–H groups in total. The molecule has 1 aromatic heterocycles. The first-order valence-electron chi connectivity index (χ1n) is 9.66. The van der Waals surface area contributed by atoms with Crippen LogP contribution in [0.3, 0.4) is 0 Å².